The Labute approximate surface area is 240 Å². The van der Waals surface area contributed by atoms with Crippen LogP contribution < -0.4 is 38.9 Å². The number of aromatic hydroxyl groups is 1. The van der Waals surface area contributed by atoms with Gasteiger partial charge in [0.15, 0.2) is 0 Å². The number of carbonyl (C=O) groups excluding carboxylic acids is 3. The topological polar surface area (TPSA) is 232 Å². The molecule has 224 valence electrons. The van der Waals surface area contributed by atoms with Crippen LogP contribution in [0.15, 0.2) is 48.1 Å². The lowest BCUT2D eigenvalue weighted by Crippen LogP contribution is -2.56. The van der Waals surface area contributed by atoms with Gasteiger partial charge >= 0.3 is 0 Å². The molecule has 12 nitrogen and oxygen atoms in total. The van der Waals surface area contributed by atoms with Crippen molar-refractivity contribution in [2.75, 3.05) is 19.6 Å². The summed E-state index contributed by atoms with van der Waals surface area (Å²) in [6.45, 7) is 0.970. The summed E-state index contributed by atoms with van der Waals surface area (Å²) in [7, 11) is 0. The summed E-state index contributed by atoms with van der Waals surface area (Å²) in [5.41, 5.74) is 26.0. The Morgan fingerprint density at radius 3 is 2.59 bits per heavy atom. The highest BCUT2D eigenvalue weighted by Crippen LogP contribution is 2.28. The van der Waals surface area contributed by atoms with E-state index < -0.39 is 42.0 Å². The van der Waals surface area contributed by atoms with Crippen molar-refractivity contribution in [2.24, 2.45) is 22.9 Å². The average molecular weight is 570 g/mol. The van der Waals surface area contributed by atoms with Gasteiger partial charge in [-0.05, 0) is 79.3 Å². The lowest BCUT2D eigenvalue weighted by atomic mass is 9.96. The van der Waals surface area contributed by atoms with Crippen molar-refractivity contribution in [3.8, 4) is 5.75 Å². The highest BCUT2D eigenvalue weighted by atomic mass is 16.3. The van der Waals surface area contributed by atoms with Crippen molar-refractivity contribution in [3.63, 3.8) is 0 Å². The second-order valence-electron chi connectivity index (χ2n) is 10.5. The van der Waals surface area contributed by atoms with Crippen LogP contribution in [-0.2, 0) is 20.8 Å². The first-order valence-electron chi connectivity index (χ1n) is 14.0. The summed E-state index contributed by atoms with van der Waals surface area (Å²) in [6, 6.07) is 1.57. The molecule has 3 amide bonds. The quantitative estimate of drug-likeness (QED) is 0.173. The predicted molar refractivity (Wildman–Crippen MR) is 157 cm³/mol. The first-order chi connectivity index (χ1) is 19.6. The van der Waals surface area contributed by atoms with Crippen molar-refractivity contribution < 1.29 is 24.6 Å². The number of nitrogens with two attached hydrogens (primary N) is 4. The molecular weight excluding hydrogens is 526 g/mol. The fourth-order valence-corrected chi connectivity index (χ4v) is 4.76. The van der Waals surface area contributed by atoms with Crippen molar-refractivity contribution in [1.29, 1.82) is 0 Å². The summed E-state index contributed by atoms with van der Waals surface area (Å²) in [5.74, 6) is -1.62. The minimum absolute atomic E-state index is 0.0193. The zero-order valence-electron chi connectivity index (χ0n) is 23.2. The van der Waals surface area contributed by atoms with Crippen LogP contribution in [-0.4, -0.2) is 77.8 Å². The van der Waals surface area contributed by atoms with Crippen molar-refractivity contribution in [3.05, 3.63) is 59.2 Å². The van der Waals surface area contributed by atoms with Gasteiger partial charge in [-0.15, -0.1) is 0 Å². The molecule has 0 aromatic heterocycles. The molecule has 1 aliphatic carbocycles. The monoisotopic (exact) mass is 569 g/mol. The number of nitrogens with one attached hydrogen (secondary N) is 3. The zero-order chi connectivity index (χ0) is 29.9. The van der Waals surface area contributed by atoms with E-state index >= 15 is 0 Å². The summed E-state index contributed by atoms with van der Waals surface area (Å²) in [5, 5.41) is 29.3. The van der Waals surface area contributed by atoms with Crippen LogP contribution in [0.2, 0.25) is 0 Å². The maximum absolute atomic E-state index is 13.5. The second kappa shape index (κ2) is 15.5. The van der Waals surface area contributed by atoms with Gasteiger partial charge in [0.05, 0.1) is 12.1 Å². The van der Waals surface area contributed by atoms with Crippen LogP contribution in [0, 0.1) is 0 Å². The molecule has 4 unspecified atom stereocenters. The molecule has 3 rings (SSSR count). The minimum Gasteiger partial charge on any atom is -0.508 e. The van der Waals surface area contributed by atoms with Gasteiger partial charge in [0.25, 0.3) is 0 Å². The molecule has 0 spiro atoms. The van der Waals surface area contributed by atoms with Gasteiger partial charge in [-0.3, -0.25) is 14.4 Å². The van der Waals surface area contributed by atoms with Crippen LogP contribution >= 0.6 is 0 Å². The standard InChI is InChI=1S/C29H43N7O5/c30-9-1-3-21(32)16-34-28(40)25-13-17-11-18(5-7-22(37)12-17)19-6-8-26(38)20(14-19)15-23(33)27(39)35-24(4-2-10-31)29(41)36-25/h5-8,11-12,14,21-25,37-38H,1-4,9-10,13,15-16,30-33H2,(H,34,40)(H,35,39)(H,36,41)/t21?,22?,23?,24-,25?/m0/s1. The average Bonchev–Trinajstić information content (AvgIpc) is 3.13. The number of aliphatic hydroxyl groups excluding tert-OH is 1. The highest BCUT2D eigenvalue weighted by molar-refractivity contribution is 5.93. The molecule has 41 heavy (non-hydrogen) atoms. The van der Waals surface area contributed by atoms with E-state index in [0.29, 0.717) is 54.6 Å². The number of phenols is 1. The lowest BCUT2D eigenvalue weighted by molar-refractivity contribution is -0.132. The van der Waals surface area contributed by atoms with Gasteiger partial charge in [0.2, 0.25) is 17.7 Å². The number of amides is 3. The smallest absolute Gasteiger partial charge is 0.243 e. The fourth-order valence-electron chi connectivity index (χ4n) is 4.76. The Morgan fingerprint density at radius 1 is 1.10 bits per heavy atom. The number of carbonyl (C=O) groups is 3. The molecule has 0 radical (unpaired) electrons. The Hall–Kier alpha value is -3.55. The van der Waals surface area contributed by atoms with Gasteiger partial charge in [0.1, 0.15) is 17.8 Å². The molecule has 5 atom stereocenters. The fraction of sp³-hybridized carbons (Fsp3) is 0.483. The van der Waals surface area contributed by atoms with E-state index in [2.05, 4.69) is 16.0 Å². The van der Waals surface area contributed by atoms with E-state index in [1.807, 2.05) is 6.08 Å². The molecule has 2 aliphatic rings. The Morgan fingerprint density at radius 2 is 1.85 bits per heavy atom. The Balaban J connectivity index is 2.01. The van der Waals surface area contributed by atoms with Crippen LogP contribution in [0.3, 0.4) is 0 Å². The number of aliphatic hydroxyl groups is 1. The molecule has 0 fully saturated rings. The first-order valence-corrected chi connectivity index (χ1v) is 14.0. The van der Waals surface area contributed by atoms with E-state index in [9.17, 15) is 24.6 Å². The number of hydrogen-bond acceptors (Lipinski definition) is 9. The molecule has 1 aliphatic heterocycles. The van der Waals surface area contributed by atoms with Gasteiger partial charge < -0.3 is 49.1 Å². The zero-order valence-corrected chi connectivity index (χ0v) is 23.2. The van der Waals surface area contributed by atoms with E-state index in [0.717, 1.165) is 0 Å². The predicted octanol–water partition coefficient (Wildman–Crippen LogP) is -1.20. The van der Waals surface area contributed by atoms with Crippen LogP contribution in [0.25, 0.3) is 5.57 Å². The molecule has 12 heteroatoms. The third-order valence-corrected chi connectivity index (χ3v) is 7.11. The number of phenolic OH excluding ortho intramolecular Hbond substituents is 1. The SMILES string of the molecule is NCCCC(N)CNC(=O)C1CC2=CC(O)C=CC(=C2)c2ccc(O)c(c2)CC(N)C(=O)N[C@@H](CCCN)C(=O)N1. The Kier molecular flexibility index (Phi) is 12.0. The minimum atomic E-state index is -1.06. The van der Waals surface area contributed by atoms with Crippen molar-refractivity contribution >= 4 is 23.3 Å². The van der Waals surface area contributed by atoms with E-state index in [-0.39, 0.29) is 37.6 Å². The molecule has 1 aromatic carbocycles. The van der Waals surface area contributed by atoms with E-state index in [1.54, 1.807) is 30.4 Å². The van der Waals surface area contributed by atoms with Gasteiger partial charge in [-0.25, -0.2) is 0 Å². The second-order valence-corrected chi connectivity index (χ2v) is 10.5. The first kappa shape index (κ1) is 32.0. The Bertz CT molecular complexity index is 1180. The van der Waals surface area contributed by atoms with Crippen LogP contribution in [0.4, 0.5) is 0 Å². The maximum Gasteiger partial charge on any atom is 0.243 e. The number of allylic oxidation sites excluding steroid dienone is 3. The molecule has 0 saturated carbocycles. The lowest BCUT2D eigenvalue weighted by Gasteiger charge is -2.25. The van der Waals surface area contributed by atoms with Crippen molar-refractivity contribution in [2.45, 2.75) is 68.8 Å². The van der Waals surface area contributed by atoms with E-state index in [1.165, 1.54) is 6.07 Å². The van der Waals surface area contributed by atoms with Crippen LogP contribution in [0.5, 0.6) is 5.75 Å². The summed E-state index contributed by atoms with van der Waals surface area (Å²) in [4.78, 5) is 39.9. The number of rotatable bonds is 9. The third kappa shape index (κ3) is 9.51. The van der Waals surface area contributed by atoms with Gasteiger partial charge in [-0.1, -0.05) is 24.3 Å². The summed E-state index contributed by atoms with van der Waals surface area (Å²) >= 11 is 0. The number of fused-ring (bicyclic) bond motifs is 4. The van der Waals surface area contributed by atoms with Gasteiger partial charge in [-0.2, -0.15) is 0 Å². The summed E-state index contributed by atoms with van der Waals surface area (Å²) < 4.78 is 0. The molecule has 13 N–H and O–H groups in total. The van der Waals surface area contributed by atoms with Gasteiger partial charge in [0, 0.05) is 25.4 Å². The highest BCUT2D eigenvalue weighted by Gasteiger charge is 2.29. The summed E-state index contributed by atoms with van der Waals surface area (Å²) in [6.07, 6.45) is 7.92. The third-order valence-electron chi connectivity index (χ3n) is 7.11. The number of hydrogen-bond donors (Lipinski definition) is 9. The normalized spacial score (nSPS) is 24.0. The largest absolute Gasteiger partial charge is 0.508 e. The molecule has 4 bridgehead atoms. The number of benzene rings is 1. The molecular formula is C29H43N7O5. The molecule has 1 heterocycles. The molecule has 0 saturated heterocycles. The van der Waals surface area contributed by atoms with Crippen LogP contribution in [0.1, 0.15) is 43.2 Å². The van der Waals surface area contributed by atoms with E-state index in [4.69, 9.17) is 22.9 Å². The van der Waals surface area contributed by atoms with Crippen molar-refractivity contribution in [1.82, 2.24) is 16.0 Å². The maximum atomic E-state index is 13.5. The molecule has 1 aromatic rings.